The van der Waals surface area contributed by atoms with E-state index in [2.05, 4.69) is 15.6 Å². The van der Waals surface area contributed by atoms with Crippen molar-refractivity contribution in [1.82, 2.24) is 10.6 Å². The van der Waals surface area contributed by atoms with Gasteiger partial charge in [-0.05, 0) is 48.9 Å². The topological polar surface area (TPSA) is 75.1 Å². The minimum Gasteiger partial charge on any atom is -0.493 e. The van der Waals surface area contributed by atoms with Crippen molar-refractivity contribution >= 4 is 5.96 Å². The maximum Gasteiger partial charge on any atom is 0.191 e. The fraction of sp³-hybridized carbons (Fsp3) is 0.458. The maximum absolute atomic E-state index is 9.73. The minimum atomic E-state index is 0.0110. The van der Waals surface area contributed by atoms with Crippen LogP contribution in [0.25, 0.3) is 0 Å². The molecule has 2 aromatic carbocycles. The number of aliphatic hydroxyl groups is 1. The smallest absolute Gasteiger partial charge is 0.191 e. The molecule has 1 fully saturated rings. The molecule has 6 nitrogen and oxygen atoms in total. The zero-order valence-corrected chi connectivity index (χ0v) is 17.9. The summed E-state index contributed by atoms with van der Waals surface area (Å²) in [6.45, 7) is 1.28. The predicted octanol–water partition coefficient (Wildman–Crippen LogP) is 3.46. The molecular formula is C24H33N3O3. The molecule has 0 aliphatic heterocycles. The molecule has 0 radical (unpaired) electrons. The van der Waals surface area contributed by atoms with Crippen LogP contribution < -0.4 is 20.1 Å². The zero-order valence-electron chi connectivity index (χ0n) is 17.9. The highest BCUT2D eigenvalue weighted by Gasteiger charge is 2.18. The van der Waals surface area contributed by atoms with Crippen molar-refractivity contribution in [2.45, 2.75) is 44.2 Å². The summed E-state index contributed by atoms with van der Waals surface area (Å²) in [6, 6.07) is 16.0. The molecular weight excluding hydrogens is 378 g/mol. The van der Waals surface area contributed by atoms with E-state index in [9.17, 15) is 5.11 Å². The van der Waals surface area contributed by atoms with Gasteiger partial charge in [0.05, 0.1) is 19.8 Å². The molecule has 3 rings (SSSR count). The van der Waals surface area contributed by atoms with Gasteiger partial charge in [-0.25, -0.2) is 0 Å². The Bertz CT molecular complexity index is 805. The Kier molecular flexibility index (Phi) is 8.39. The zero-order chi connectivity index (χ0) is 21.2. The fourth-order valence-electron chi connectivity index (χ4n) is 3.74. The van der Waals surface area contributed by atoms with Crippen molar-refractivity contribution in [3.8, 4) is 11.5 Å². The van der Waals surface area contributed by atoms with Crippen LogP contribution in [-0.4, -0.2) is 44.5 Å². The third kappa shape index (κ3) is 6.13. The van der Waals surface area contributed by atoms with Crippen LogP contribution in [0.15, 0.2) is 53.5 Å². The molecule has 1 saturated carbocycles. The van der Waals surface area contributed by atoms with Crippen LogP contribution >= 0.6 is 0 Å². The number of guanidine groups is 1. The van der Waals surface area contributed by atoms with E-state index in [-0.39, 0.29) is 12.5 Å². The van der Waals surface area contributed by atoms with Gasteiger partial charge in [-0.3, -0.25) is 4.99 Å². The highest BCUT2D eigenvalue weighted by Crippen LogP contribution is 2.32. The van der Waals surface area contributed by atoms with Gasteiger partial charge in [0.1, 0.15) is 0 Å². The van der Waals surface area contributed by atoms with E-state index in [1.807, 2.05) is 48.5 Å². The van der Waals surface area contributed by atoms with Crippen molar-refractivity contribution < 1.29 is 14.6 Å². The number of nitrogens with one attached hydrogen (secondary N) is 2. The Morgan fingerprint density at radius 2 is 1.87 bits per heavy atom. The quantitative estimate of drug-likeness (QED) is 0.435. The SMILES string of the molecule is CN=C(NCc1ccc(OC2CCCC2)c(OC)c1)NCC(CO)c1ccccc1. The van der Waals surface area contributed by atoms with E-state index in [4.69, 9.17) is 9.47 Å². The van der Waals surface area contributed by atoms with E-state index < -0.39 is 0 Å². The first-order valence-corrected chi connectivity index (χ1v) is 10.7. The molecule has 1 aliphatic rings. The summed E-state index contributed by atoms with van der Waals surface area (Å²) in [5, 5.41) is 16.4. The average molecular weight is 412 g/mol. The van der Waals surface area contributed by atoms with E-state index in [1.165, 1.54) is 12.8 Å². The Morgan fingerprint density at radius 1 is 1.10 bits per heavy atom. The number of nitrogens with zero attached hydrogens (tertiary/aromatic N) is 1. The summed E-state index contributed by atoms with van der Waals surface area (Å²) >= 11 is 0. The summed E-state index contributed by atoms with van der Waals surface area (Å²) in [4.78, 5) is 4.29. The first-order chi connectivity index (χ1) is 14.7. The molecule has 0 spiro atoms. The second-order valence-corrected chi connectivity index (χ2v) is 7.61. The molecule has 0 aromatic heterocycles. The van der Waals surface area contributed by atoms with Crippen LogP contribution in [-0.2, 0) is 6.54 Å². The molecule has 2 aromatic rings. The van der Waals surface area contributed by atoms with E-state index >= 15 is 0 Å². The number of aliphatic hydroxyl groups excluding tert-OH is 1. The third-order valence-electron chi connectivity index (χ3n) is 5.51. The van der Waals surface area contributed by atoms with Gasteiger partial charge in [0.25, 0.3) is 0 Å². The summed E-state index contributed by atoms with van der Waals surface area (Å²) in [5.41, 5.74) is 2.18. The number of benzene rings is 2. The lowest BCUT2D eigenvalue weighted by atomic mass is 10.0. The lowest BCUT2D eigenvalue weighted by Crippen LogP contribution is -2.39. The Balaban J connectivity index is 1.53. The summed E-state index contributed by atoms with van der Waals surface area (Å²) in [5.74, 6) is 2.27. The van der Waals surface area contributed by atoms with Crippen LogP contribution in [0.5, 0.6) is 11.5 Å². The van der Waals surface area contributed by atoms with Gasteiger partial charge >= 0.3 is 0 Å². The standard InChI is InChI=1S/C24H33N3O3/c1-25-24(27-16-20(17-28)19-8-4-3-5-9-19)26-15-18-12-13-22(23(14-18)29-2)30-21-10-6-7-11-21/h3-5,8-9,12-14,20-21,28H,6-7,10-11,15-17H2,1-2H3,(H2,25,26,27). The molecule has 162 valence electrons. The fourth-order valence-corrected chi connectivity index (χ4v) is 3.74. The number of hydrogen-bond acceptors (Lipinski definition) is 4. The van der Waals surface area contributed by atoms with Gasteiger partial charge in [0, 0.05) is 26.1 Å². The summed E-state index contributed by atoms with van der Waals surface area (Å²) in [6.07, 6.45) is 5.01. The Labute approximate surface area is 179 Å². The molecule has 0 amide bonds. The number of ether oxygens (including phenoxy) is 2. The Morgan fingerprint density at radius 3 is 2.53 bits per heavy atom. The van der Waals surface area contributed by atoms with Crippen LogP contribution in [0.1, 0.15) is 42.7 Å². The van der Waals surface area contributed by atoms with Crippen LogP contribution in [0, 0.1) is 0 Å². The van der Waals surface area contributed by atoms with Crippen LogP contribution in [0.3, 0.4) is 0 Å². The summed E-state index contributed by atoms with van der Waals surface area (Å²) < 4.78 is 11.7. The average Bonchev–Trinajstić information content (AvgIpc) is 3.31. The van der Waals surface area contributed by atoms with Gasteiger partial charge in [-0.1, -0.05) is 36.4 Å². The van der Waals surface area contributed by atoms with Crippen molar-refractivity contribution in [1.29, 1.82) is 0 Å². The first kappa shape index (κ1) is 22.0. The van der Waals surface area contributed by atoms with Gasteiger partial charge in [0.15, 0.2) is 17.5 Å². The number of aliphatic imine (C=N–C) groups is 1. The normalized spacial score (nSPS) is 15.6. The van der Waals surface area contributed by atoms with E-state index in [0.29, 0.717) is 25.2 Å². The third-order valence-corrected chi connectivity index (χ3v) is 5.51. The van der Waals surface area contributed by atoms with Gasteiger partial charge < -0.3 is 25.2 Å². The van der Waals surface area contributed by atoms with Crippen molar-refractivity contribution in [2.24, 2.45) is 4.99 Å². The molecule has 0 bridgehead atoms. The largest absolute Gasteiger partial charge is 0.493 e. The summed E-state index contributed by atoms with van der Waals surface area (Å²) in [7, 11) is 3.41. The maximum atomic E-state index is 9.73. The van der Waals surface area contributed by atoms with Crippen molar-refractivity contribution in [3.05, 3.63) is 59.7 Å². The number of rotatable bonds is 9. The molecule has 6 heteroatoms. The molecule has 1 unspecified atom stereocenters. The lowest BCUT2D eigenvalue weighted by Gasteiger charge is -2.19. The van der Waals surface area contributed by atoms with Crippen LogP contribution in [0.4, 0.5) is 0 Å². The predicted molar refractivity (Wildman–Crippen MR) is 120 cm³/mol. The molecule has 3 N–H and O–H groups in total. The minimum absolute atomic E-state index is 0.0110. The highest BCUT2D eigenvalue weighted by atomic mass is 16.5. The molecule has 0 heterocycles. The van der Waals surface area contributed by atoms with Gasteiger partial charge in [0.2, 0.25) is 0 Å². The molecule has 0 saturated heterocycles. The highest BCUT2D eigenvalue weighted by molar-refractivity contribution is 5.79. The Hall–Kier alpha value is -2.73. The van der Waals surface area contributed by atoms with Gasteiger partial charge in [-0.15, -0.1) is 0 Å². The number of methoxy groups -OCH3 is 1. The van der Waals surface area contributed by atoms with Crippen molar-refractivity contribution in [2.75, 3.05) is 27.3 Å². The van der Waals surface area contributed by atoms with E-state index in [1.54, 1.807) is 14.2 Å². The lowest BCUT2D eigenvalue weighted by molar-refractivity contribution is 0.200. The van der Waals surface area contributed by atoms with E-state index in [0.717, 1.165) is 35.5 Å². The second-order valence-electron chi connectivity index (χ2n) is 7.61. The van der Waals surface area contributed by atoms with Crippen molar-refractivity contribution in [3.63, 3.8) is 0 Å². The van der Waals surface area contributed by atoms with Gasteiger partial charge in [-0.2, -0.15) is 0 Å². The molecule has 1 atom stereocenters. The monoisotopic (exact) mass is 411 g/mol. The molecule has 30 heavy (non-hydrogen) atoms. The molecule has 1 aliphatic carbocycles. The number of hydrogen-bond donors (Lipinski definition) is 3. The van der Waals surface area contributed by atoms with Crippen LogP contribution in [0.2, 0.25) is 0 Å². The second kappa shape index (κ2) is 11.5. The first-order valence-electron chi connectivity index (χ1n) is 10.7.